The molecule has 7 heteroatoms. The van der Waals surface area contributed by atoms with Gasteiger partial charge < -0.3 is 15.1 Å². The number of nitrogens with zero attached hydrogens (tertiary/aromatic N) is 1. The number of amides is 1. The van der Waals surface area contributed by atoms with Crippen molar-refractivity contribution in [3.8, 4) is 0 Å². The van der Waals surface area contributed by atoms with Gasteiger partial charge in [-0.1, -0.05) is 12.1 Å². The van der Waals surface area contributed by atoms with Crippen LogP contribution in [0.2, 0.25) is 0 Å². The number of piperidine rings is 1. The number of likely N-dealkylation sites (tertiary alicyclic amines) is 1. The number of hydrogen-bond donors (Lipinski definition) is 2. The third kappa shape index (κ3) is 4.20. The topological polar surface area (TPSA) is 60.8 Å². The van der Waals surface area contributed by atoms with Gasteiger partial charge in [0.25, 0.3) is 0 Å². The molecule has 0 saturated carbocycles. The van der Waals surface area contributed by atoms with Crippen molar-refractivity contribution in [2.75, 3.05) is 13.1 Å². The van der Waals surface area contributed by atoms with Gasteiger partial charge in [0.2, 0.25) is 5.91 Å². The molecule has 1 heterocycles. The maximum Gasteiger partial charge on any atom is 0.416 e. The van der Waals surface area contributed by atoms with Gasteiger partial charge in [0.15, 0.2) is 0 Å². The first-order chi connectivity index (χ1) is 10.3. The van der Waals surface area contributed by atoms with E-state index < -0.39 is 23.9 Å². The average molecular weight is 317 g/mol. The van der Waals surface area contributed by atoms with E-state index >= 15 is 0 Å². The van der Waals surface area contributed by atoms with E-state index in [2.05, 4.69) is 0 Å². The number of rotatable bonds is 3. The Balaban J connectivity index is 1.86. The number of aliphatic hydroxyl groups excluding tert-OH is 2. The minimum Gasteiger partial charge on any atom is -0.390 e. The summed E-state index contributed by atoms with van der Waals surface area (Å²) in [4.78, 5) is 13.5. The Labute approximate surface area is 126 Å². The molecule has 0 aromatic heterocycles. The van der Waals surface area contributed by atoms with Crippen molar-refractivity contribution in [1.29, 1.82) is 0 Å². The van der Waals surface area contributed by atoms with Crippen molar-refractivity contribution in [1.82, 2.24) is 4.90 Å². The van der Waals surface area contributed by atoms with Crippen LogP contribution in [0.3, 0.4) is 0 Å². The van der Waals surface area contributed by atoms with Crippen LogP contribution >= 0.6 is 0 Å². The first kappa shape index (κ1) is 16.8. The van der Waals surface area contributed by atoms with Crippen molar-refractivity contribution in [2.24, 2.45) is 0 Å². The van der Waals surface area contributed by atoms with Gasteiger partial charge in [-0.3, -0.25) is 4.79 Å². The average Bonchev–Trinajstić information content (AvgIpc) is 2.47. The molecule has 0 radical (unpaired) electrons. The highest BCUT2D eigenvalue weighted by Gasteiger charge is 2.30. The smallest absolute Gasteiger partial charge is 0.390 e. The predicted octanol–water partition coefficient (Wildman–Crippen LogP) is 1.59. The highest BCUT2D eigenvalue weighted by Crippen LogP contribution is 2.29. The summed E-state index contributed by atoms with van der Waals surface area (Å²) < 4.78 is 37.3. The van der Waals surface area contributed by atoms with Crippen LogP contribution < -0.4 is 0 Å². The van der Waals surface area contributed by atoms with Gasteiger partial charge in [-0.2, -0.15) is 13.2 Å². The highest BCUT2D eigenvalue weighted by molar-refractivity contribution is 5.76. The van der Waals surface area contributed by atoms with E-state index in [1.165, 1.54) is 17.0 Å². The Morgan fingerprint density at radius 1 is 1.18 bits per heavy atom. The maximum atomic E-state index is 12.4. The van der Waals surface area contributed by atoms with Gasteiger partial charge in [-0.25, -0.2) is 0 Å². The third-order valence-electron chi connectivity index (χ3n) is 3.81. The molecule has 1 fully saturated rings. The molecule has 0 unspecified atom stereocenters. The van der Waals surface area contributed by atoms with Crippen molar-refractivity contribution in [2.45, 2.75) is 37.6 Å². The lowest BCUT2D eigenvalue weighted by Crippen LogP contribution is -2.49. The summed E-state index contributed by atoms with van der Waals surface area (Å²) in [5.74, 6) is -0.175. The van der Waals surface area contributed by atoms with Crippen LogP contribution in [0.5, 0.6) is 0 Å². The third-order valence-corrected chi connectivity index (χ3v) is 3.81. The molecule has 1 aromatic rings. The summed E-state index contributed by atoms with van der Waals surface area (Å²) >= 11 is 0. The number of aryl methyl sites for hydroxylation is 1. The van der Waals surface area contributed by atoms with Crippen LogP contribution in [0.4, 0.5) is 13.2 Å². The van der Waals surface area contributed by atoms with Crippen LogP contribution in [0, 0.1) is 0 Å². The fraction of sp³-hybridized carbons (Fsp3) is 0.533. The fourth-order valence-electron chi connectivity index (χ4n) is 2.42. The van der Waals surface area contributed by atoms with Crippen molar-refractivity contribution in [3.63, 3.8) is 0 Å². The zero-order chi connectivity index (χ0) is 16.3. The first-order valence-corrected chi connectivity index (χ1v) is 7.07. The molecular formula is C15H18F3NO3. The van der Waals surface area contributed by atoms with Crippen LogP contribution in [0.1, 0.15) is 24.0 Å². The summed E-state index contributed by atoms with van der Waals surface area (Å²) in [5, 5.41) is 18.9. The molecule has 0 bridgehead atoms. The Bertz CT molecular complexity index is 516. The molecule has 2 atom stereocenters. The molecule has 1 saturated heterocycles. The van der Waals surface area contributed by atoms with E-state index in [9.17, 15) is 28.2 Å². The molecular weight excluding hydrogens is 299 g/mol. The lowest BCUT2D eigenvalue weighted by molar-refractivity contribution is -0.138. The summed E-state index contributed by atoms with van der Waals surface area (Å²) in [5.41, 5.74) is -0.0605. The maximum absolute atomic E-state index is 12.4. The number of aliphatic hydroxyl groups is 2. The second-order valence-corrected chi connectivity index (χ2v) is 5.46. The van der Waals surface area contributed by atoms with Crippen molar-refractivity contribution < 1.29 is 28.2 Å². The van der Waals surface area contributed by atoms with E-state index in [0.717, 1.165) is 12.1 Å². The van der Waals surface area contributed by atoms with Crippen molar-refractivity contribution in [3.05, 3.63) is 35.4 Å². The fourth-order valence-corrected chi connectivity index (χ4v) is 2.42. The molecule has 22 heavy (non-hydrogen) atoms. The normalized spacial score (nSPS) is 22.7. The van der Waals surface area contributed by atoms with Gasteiger partial charge in [0.05, 0.1) is 17.8 Å². The largest absolute Gasteiger partial charge is 0.416 e. The quantitative estimate of drug-likeness (QED) is 0.890. The first-order valence-electron chi connectivity index (χ1n) is 7.07. The summed E-state index contributed by atoms with van der Waals surface area (Å²) in [6, 6.07) is 4.73. The van der Waals surface area contributed by atoms with E-state index in [1.54, 1.807) is 0 Å². The predicted molar refractivity (Wildman–Crippen MR) is 73.0 cm³/mol. The Morgan fingerprint density at radius 3 is 2.36 bits per heavy atom. The lowest BCUT2D eigenvalue weighted by atomic mass is 10.0. The standard InChI is InChI=1S/C15H18F3NO3/c16-15(17,18)11-4-1-10(2-5-11)3-6-14(22)19-8-7-12(20)13(21)9-19/h1-2,4-5,12-13,20-21H,3,6-9H2/t12-,13-/m0/s1. The molecule has 2 rings (SSSR count). The Hall–Kier alpha value is -1.60. The second-order valence-electron chi connectivity index (χ2n) is 5.46. The molecule has 1 aromatic carbocycles. The van der Waals surface area contributed by atoms with E-state index in [-0.39, 0.29) is 18.9 Å². The summed E-state index contributed by atoms with van der Waals surface area (Å²) in [6.45, 7) is 0.469. The van der Waals surface area contributed by atoms with E-state index in [0.29, 0.717) is 24.9 Å². The number of hydrogen-bond acceptors (Lipinski definition) is 3. The van der Waals surface area contributed by atoms with Crippen LogP contribution in [0.25, 0.3) is 0 Å². The summed E-state index contributed by atoms with van der Waals surface area (Å²) in [7, 11) is 0. The molecule has 0 spiro atoms. The number of benzene rings is 1. The second kappa shape index (κ2) is 6.66. The molecule has 1 aliphatic rings. The Kier molecular flexibility index (Phi) is 5.08. The monoisotopic (exact) mass is 317 g/mol. The molecule has 4 nitrogen and oxygen atoms in total. The number of halogens is 3. The lowest BCUT2D eigenvalue weighted by Gasteiger charge is -2.33. The highest BCUT2D eigenvalue weighted by atomic mass is 19.4. The summed E-state index contributed by atoms with van der Waals surface area (Å²) in [6.07, 6.45) is -5.28. The molecule has 2 N–H and O–H groups in total. The van der Waals surface area contributed by atoms with Gasteiger partial charge in [-0.15, -0.1) is 0 Å². The number of carbonyl (C=O) groups excluding carboxylic acids is 1. The zero-order valence-corrected chi connectivity index (χ0v) is 11.9. The van der Waals surface area contributed by atoms with Crippen LogP contribution in [0.15, 0.2) is 24.3 Å². The van der Waals surface area contributed by atoms with Gasteiger partial charge >= 0.3 is 6.18 Å². The van der Waals surface area contributed by atoms with E-state index in [4.69, 9.17) is 0 Å². The number of alkyl halides is 3. The van der Waals surface area contributed by atoms with Crippen molar-refractivity contribution >= 4 is 5.91 Å². The van der Waals surface area contributed by atoms with Crippen LogP contribution in [-0.4, -0.2) is 46.3 Å². The van der Waals surface area contributed by atoms with Gasteiger partial charge in [-0.05, 0) is 30.5 Å². The molecule has 122 valence electrons. The Morgan fingerprint density at radius 2 is 1.82 bits per heavy atom. The van der Waals surface area contributed by atoms with Gasteiger partial charge in [0.1, 0.15) is 0 Å². The molecule has 0 aliphatic carbocycles. The number of β-amino-alcohol motifs (C(OH)–C–C–N with tert-alkyl or cyclic N) is 1. The molecule has 1 amide bonds. The minimum atomic E-state index is -4.36. The van der Waals surface area contributed by atoms with Crippen LogP contribution in [-0.2, 0) is 17.4 Å². The SMILES string of the molecule is O=C(CCc1ccc(C(F)(F)F)cc1)N1CC[C@H](O)[C@@H](O)C1. The minimum absolute atomic E-state index is 0.0903. The van der Waals surface area contributed by atoms with Gasteiger partial charge in [0, 0.05) is 19.5 Å². The van der Waals surface area contributed by atoms with E-state index in [1.807, 2.05) is 0 Å². The number of carbonyl (C=O) groups is 1. The molecule has 1 aliphatic heterocycles. The zero-order valence-electron chi connectivity index (χ0n) is 11.9.